The van der Waals surface area contributed by atoms with E-state index in [0.29, 0.717) is 10.6 Å². The van der Waals surface area contributed by atoms with E-state index in [1.54, 1.807) is 12.4 Å². The molecule has 0 radical (unpaired) electrons. The van der Waals surface area contributed by atoms with Gasteiger partial charge in [-0.15, -0.1) is 0 Å². The zero-order chi connectivity index (χ0) is 38.1. The van der Waals surface area contributed by atoms with Gasteiger partial charge in [-0.05, 0) is 85.3 Å². The Kier molecular flexibility index (Phi) is 7.88. The van der Waals surface area contributed by atoms with Gasteiger partial charge in [0.15, 0.2) is 7.14 Å². The lowest BCUT2D eigenvalue weighted by Gasteiger charge is -2.25. The summed E-state index contributed by atoms with van der Waals surface area (Å²) in [6, 6.07) is 62.7. The highest BCUT2D eigenvalue weighted by molar-refractivity contribution is 8.25. The third kappa shape index (κ3) is 5.20. The van der Waals surface area contributed by atoms with Crippen LogP contribution in [0.25, 0.3) is 59.9 Å². The first-order chi connectivity index (χ1) is 28.0. The summed E-state index contributed by atoms with van der Waals surface area (Å²) in [6.45, 7) is 0. The fourth-order valence-electron chi connectivity index (χ4n) is 8.62. The highest BCUT2D eigenvalue weighted by atomic mass is 32.4. The Bertz CT molecular complexity index is 3440. The van der Waals surface area contributed by atoms with E-state index in [1.807, 2.05) is 54.6 Å². The summed E-state index contributed by atoms with van der Waals surface area (Å²) in [5, 5.41) is 13.3. The van der Waals surface area contributed by atoms with Crippen molar-refractivity contribution in [2.45, 2.75) is 0 Å². The second-order valence-corrected chi connectivity index (χ2v) is 21.7. The Hall–Kier alpha value is -6.22. The zero-order valence-corrected chi connectivity index (χ0v) is 33.2. The third-order valence-electron chi connectivity index (χ3n) is 11.4. The van der Waals surface area contributed by atoms with Gasteiger partial charge in [-0.25, -0.2) is 4.98 Å². The van der Waals surface area contributed by atoms with Crippen LogP contribution in [0.3, 0.4) is 0 Å². The number of nitrogens with zero attached hydrogens (tertiary/aromatic N) is 3. The number of hydrogen-bond acceptors (Lipinski definition) is 4. The first-order valence-electron chi connectivity index (χ1n) is 18.9. The Balaban J connectivity index is 1.23. The van der Waals surface area contributed by atoms with Gasteiger partial charge < -0.3 is 4.57 Å². The van der Waals surface area contributed by atoms with Crippen molar-refractivity contribution in [2.75, 3.05) is 0 Å². The molecule has 0 aliphatic carbocycles. The summed E-state index contributed by atoms with van der Waals surface area (Å²) in [4.78, 5) is 9.90. The van der Waals surface area contributed by atoms with Crippen LogP contribution in [0.15, 0.2) is 200 Å². The molecule has 0 saturated carbocycles. The van der Waals surface area contributed by atoms with Gasteiger partial charge in [-0.3, -0.25) is 9.38 Å². The molecule has 4 nitrogen and oxygen atoms in total. The standard InChI is InChI=1S/C50H33N3OP2S/c54-55(42-19-11-29-51-33-42,39-23-21-34-12-7-8-14-36(34)30-39)40-25-28-47-46(31-40)52-50-49-43-20-10-9-13-35(43)22-26-45(49)44-27-24-41(32-48(44)53(47)50)56(57,37-15-3-1-4-16-37)38-17-5-2-6-18-38/h1-33H. The lowest BCUT2D eigenvalue weighted by molar-refractivity contribution is 0.592. The van der Waals surface area contributed by atoms with Crippen molar-refractivity contribution < 1.29 is 4.57 Å². The lowest BCUT2D eigenvalue weighted by Crippen LogP contribution is -2.25. The van der Waals surface area contributed by atoms with Crippen LogP contribution in [-0.4, -0.2) is 14.4 Å². The van der Waals surface area contributed by atoms with Gasteiger partial charge >= 0.3 is 0 Å². The van der Waals surface area contributed by atoms with Crippen LogP contribution in [0.1, 0.15) is 0 Å². The van der Waals surface area contributed by atoms with Crippen LogP contribution in [0.2, 0.25) is 0 Å². The van der Waals surface area contributed by atoms with E-state index in [0.717, 1.165) is 81.1 Å². The number of pyridine rings is 2. The molecule has 3 aromatic heterocycles. The largest absolute Gasteiger partial charge is 0.309 e. The maximum absolute atomic E-state index is 15.9. The van der Waals surface area contributed by atoms with Crippen LogP contribution in [0.4, 0.5) is 0 Å². The molecule has 0 N–H and O–H groups in total. The molecule has 0 fully saturated rings. The van der Waals surface area contributed by atoms with Crippen LogP contribution in [0.5, 0.6) is 0 Å². The van der Waals surface area contributed by atoms with Crippen molar-refractivity contribution >= 4 is 117 Å². The number of imidazole rings is 1. The lowest BCUT2D eigenvalue weighted by atomic mass is 9.99. The first kappa shape index (κ1) is 34.1. The summed E-state index contributed by atoms with van der Waals surface area (Å²) in [7, 11) is -3.38. The number of fused-ring (bicyclic) bond motifs is 11. The summed E-state index contributed by atoms with van der Waals surface area (Å²) in [5.41, 5.74) is 3.60. The molecule has 0 bridgehead atoms. The maximum Gasteiger partial charge on any atom is 0.172 e. The van der Waals surface area contributed by atoms with Crippen LogP contribution < -0.4 is 31.8 Å². The average molecular weight is 786 g/mol. The van der Waals surface area contributed by atoms with Gasteiger partial charge in [0, 0.05) is 45.1 Å². The molecule has 1 unspecified atom stereocenters. The highest BCUT2D eigenvalue weighted by Crippen LogP contribution is 2.46. The molecule has 0 amide bonds. The normalized spacial score (nSPS) is 13.2. The predicted molar refractivity (Wildman–Crippen MR) is 246 cm³/mol. The Morgan fingerprint density at radius 1 is 0.456 bits per heavy atom. The van der Waals surface area contributed by atoms with Crippen molar-refractivity contribution in [3.63, 3.8) is 0 Å². The minimum absolute atomic E-state index is 0.683. The molecule has 8 aromatic carbocycles. The van der Waals surface area contributed by atoms with Gasteiger partial charge in [-0.2, -0.15) is 0 Å². The molecule has 0 saturated heterocycles. The SMILES string of the molecule is O=P(c1cccnc1)(c1ccc2ccccc2c1)c1ccc2c(c1)nc1c3c4ccccc4ccc3c3ccc(P(=S)(c4ccccc4)c4ccccc4)cc3n21. The number of hydrogen-bond donors (Lipinski definition) is 0. The number of aromatic nitrogens is 3. The van der Waals surface area contributed by atoms with Gasteiger partial charge in [0.25, 0.3) is 0 Å². The van der Waals surface area contributed by atoms with Crippen LogP contribution >= 0.6 is 13.2 Å². The number of benzene rings is 8. The summed E-state index contributed by atoms with van der Waals surface area (Å²) < 4.78 is 18.2. The summed E-state index contributed by atoms with van der Waals surface area (Å²) in [5.74, 6) is 0. The van der Waals surface area contributed by atoms with E-state index < -0.39 is 13.2 Å². The van der Waals surface area contributed by atoms with E-state index in [2.05, 4.69) is 143 Å². The molecular weight excluding hydrogens is 753 g/mol. The van der Waals surface area contributed by atoms with Crippen molar-refractivity contribution in [1.29, 1.82) is 0 Å². The highest BCUT2D eigenvalue weighted by Gasteiger charge is 2.32. The zero-order valence-electron chi connectivity index (χ0n) is 30.6. The molecule has 57 heavy (non-hydrogen) atoms. The molecule has 0 aliphatic heterocycles. The summed E-state index contributed by atoms with van der Waals surface area (Å²) >= 11 is 6.85. The number of rotatable bonds is 6. The predicted octanol–water partition coefficient (Wildman–Crippen LogP) is 9.89. The van der Waals surface area contributed by atoms with Crippen molar-refractivity contribution in [2.24, 2.45) is 0 Å². The van der Waals surface area contributed by atoms with Gasteiger partial charge in [0.05, 0.1) is 16.6 Å². The van der Waals surface area contributed by atoms with Gasteiger partial charge in [0.1, 0.15) is 5.65 Å². The maximum atomic E-state index is 15.9. The van der Waals surface area contributed by atoms with E-state index in [4.69, 9.17) is 16.8 Å². The quantitative estimate of drug-likeness (QED) is 0.125. The minimum Gasteiger partial charge on any atom is -0.309 e. The van der Waals surface area contributed by atoms with Crippen molar-refractivity contribution in [1.82, 2.24) is 14.4 Å². The molecule has 3 heterocycles. The average Bonchev–Trinajstić information content (AvgIpc) is 3.68. The van der Waals surface area contributed by atoms with Crippen molar-refractivity contribution in [3.8, 4) is 0 Å². The minimum atomic E-state index is -3.38. The topological polar surface area (TPSA) is 47.3 Å². The summed E-state index contributed by atoms with van der Waals surface area (Å²) in [6.07, 6.45) is 3.46. The monoisotopic (exact) mass is 785 g/mol. The molecule has 11 rings (SSSR count). The van der Waals surface area contributed by atoms with E-state index in [1.165, 1.54) is 0 Å². The Labute approximate surface area is 334 Å². The fourth-order valence-corrected chi connectivity index (χ4v) is 15.0. The van der Waals surface area contributed by atoms with Crippen LogP contribution in [-0.2, 0) is 16.4 Å². The fraction of sp³-hybridized carbons (Fsp3) is 0. The van der Waals surface area contributed by atoms with E-state index in [9.17, 15) is 0 Å². The van der Waals surface area contributed by atoms with E-state index in [-0.39, 0.29) is 0 Å². The third-order valence-corrected chi connectivity index (χ3v) is 19.3. The van der Waals surface area contributed by atoms with Gasteiger partial charge in [0.2, 0.25) is 0 Å². The molecule has 0 spiro atoms. The second kappa shape index (κ2) is 13.2. The van der Waals surface area contributed by atoms with Crippen molar-refractivity contribution in [3.05, 3.63) is 200 Å². The first-order valence-corrected chi connectivity index (χ1v) is 23.4. The smallest absolute Gasteiger partial charge is 0.172 e. The molecule has 0 aliphatic rings. The van der Waals surface area contributed by atoms with E-state index >= 15 is 4.57 Å². The molecule has 11 aromatic rings. The molecular formula is C50H33N3OP2S. The Morgan fingerprint density at radius 2 is 1.07 bits per heavy atom. The Morgan fingerprint density at radius 3 is 1.82 bits per heavy atom. The van der Waals surface area contributed by atoms with Crippen LogP contribution in [0, 0.1) is 0 Å². The molecule has 7 heteroatoms. The second-order valence-electron chi connectivity index (χ2n) is 14.5. The molecule has 270 valence electrons. The molecule has 1 atom stereocenters. The van der Waals surface area contributed by atoms with Gasteiger partial charge in [-0.1, -0.05) is 157 Å².